The Morgan fingerprint density at radius 3 is 2.42 bits per heavy atom. The second kappa shape index (κ2) is 9.92. The highest BCUT2D eigenvalue weighted by Gasteiger charge is 2.26. The molecule has 8 nitrogen and oxygen atoms in total. The van der Waals surface area contributed by atoms with Gasteiger partial charge in [0.05, 0.1) is 14.2 Å². The van der Waals surface area contributed by atoms with E-state index < -0.39 is 0 Å². The van der Waals surface area contributed by atoms with Crippen molar-refractivity contribution in [2.45, 2.75) is 0 Å². The summed E-state index contributed by atoms with van der Waals surface area (Å²) in [5, 5.41) is 9.54. The summed E-state index contributed by atoms with van der Waals surface area (Å²) < 4.78 is 16.4. The molecule has 4 rings (SSSR count). The molecule has 0 saturated carbocycles. The number of rotatable bonds is 6. The van der Waals surface area contributed by atoms with Crippen LogP contribution in [0.1, 0.15) is 27.5 Å². The van der Waals surface area contributed by atoms with Gasteiger partial charge in [-0.2, -0.15) is 10.2 Å². The molecule has 2 aromatic carbocycles. The fourth-order valence-electron chi connectivity index (χ4n) is 3.68. The van der Waals surface area contributed by atoms with Gasteiger partial charge in [-0.15, -0.1) is 0 Å². The zero-order chi connectivity index (χ0) is 23.2. The van der Waals surface area contributed by atoms with Gasteiger partial charge >= 0.3 is 0 Å². The second-order valence-corrected chi connectivity index (χ2v) is 7.40. The number of hydrogen-bond acceptors (Lipinski definition) is 7. The molecule has 0 unspecified atom stereocenters. The number of amides is 1. The maximum atomic E-state index is 12.8. The number of hydrogen-bond donors (Lipinski definition) is 0. The van der Waals surface area contributed by atoms with Crippen molar-refractivity contribution in [2.75, 3.05) is 45.3 Å². The van der Waals surface area contributed by atoms with E-state index in [1.807, 2.05) is 35.2 Å². The van der Waals surface area contributed by atoms with Crippen LogP contribution in [0.25, 0.3) is 12.2 Å². The topological polar surface area (TPSA) is 91.8 Å². The van der Waals surface area contributed by atoms with Crippen molar-refractivity contribution >= 4 is 23.9 Å². The lowest BCUT2D eigenvalue weighted by molar-refractivity contribution is 0.0745. The Balaban J connectivity index is 1.44. The minimum absolute atomic E-state index is 0.0317. The number of methoxy groups -OCH3 is 2. The molecule has 0 atom stereocenters. The van der Waals surface area contributed by atoms with Crippen molar-refractivity contribution in [1.29, 1.82) is 5.26 Å². The number of ether oxygens (including phenoxy) is 2. The van der Waals surface area contributed by atoms with Gasteiger partial charge in [0.1, 0.15) is 17.6 Å². The Labute approximate surface area is 192 Å². The zero-order valence-corrected chi connectivity index (χ0v) is 18.5. The van der Waals surface area contributed by atoms with E-state index in [0.29, 0.717) is 49.3 Å². The first kappa shape index (κ1) is 22.0. The smallest absolute Gasteiger partial charge is 0.253 e. The maximum absolute atomic E-state index is 12.8. The minimum Gasteiger partial charge on any atom is -0.497 e. The Morgan fingerprint density at radius 2 is 1.76 bits per heavy atom. The predicted molar refractivity (Wildman–Crippen MR) is 124 cm³/mol. The molecule has 1 aliphatic rings. The highest BCUT2D eigenvalue weighted by atomic mass is 16.5. The van der Waals surface area contributed by atoms with Gasteiger partial charge in [0.2, 0.25) is 17.5 Å². The Bertz CT molecular complexity index is 1190. The molecular weight excluding hydrogens is 420 g/mol. The first-order chi connectivity index (χ1) is 16.1. The number of carbonyl (C=O) groups is 1. The molecule has 168 valence electrons. The molecule has 1 aliphatic heterocycles. The summed E-state index contributed by atoms with van der Waals surface area (Å²) in [6, 6.07) is 16.8. The number of para-hydroxylation sites is 1. The first-order valence-electron chi connectivity index (χ1n) is 10.5. The fourth-order valence-corrected chi connectivity index (χ4v) is 3.68. The fraction of sp³-hybridized carbons (Fsp3) is 0.240. The SMILES string of the molecule is COc1ccc(C(=O)N2CCN(c3oc(/C=C/c4ccccc4OC)nc3C#N)CC2)cc1. The summed E-state index contributed by atoms with van der Waals surface area (Å²) in [5.74, 6) is 2.17. The molecule has 1 saturated heterocycles. The first-order valence-corrected chi connectivity index (χ1v) is 10.5. The predicted octanol–water partition coefficient (Wildman–Crippen LogP) is 3.70. The Morgan fingerprint density at radius 1 is 1.03 bits per heavy atom. The lowest BCUT2D eigenvalue weighted by Crippen LogP contribution is -2.48. The van der Waals surface area contributed by atoms with Crippen molar-refractivity contribution < 1.29 is 18.7 Å². The molecular formula is C25H24N4O4. The third-order valence-corrected chi connectivity index (χ3v) is 5.47. The standard InChI is InChI=1S/C25H24N4O4/c1-31-20-10-7-19(8-11-20)24(30)28-13-15-29(16-14-28)25-21(17-26)27-23(33-25)12-9-18-5-3-4-6-22(18)32-2/h3-12H,13-16H2,1-2H3/b12-9+. The highest BCUT2D eigenvalue weighted by molar-refractivity contribution is 5.94. The quantitative estimate of drug-likeness (QED) is 0.572. The van der Waals surface area contributed by atoms with Gasteiger partial charge < -0.3 is 23.7 Å². The van der Waals surface area contributed by atoms with Gasteiger partial charge in [-0.3, -0.25) is 4.79 Å². The highest BCUT2D eigenvalue weighted by Crippen LogP contribution is 2.26. The summed E-state index contributed by atoms with van der Waals surface area (Å²) in [7, 11) is 3.21. The van der Waals surface area contributed by atoms with Crippen LogP contribution in [-0.4, -0.2) is 56.2 Å². The third-order valence-electron chi connectivity index (χ3n) is 5.47. The van der Waals surface area contributed by atoms with Crippen molar-refractivity contribution in [3.05, 3.63) is 71.2 Å². The van der Waals surface area contributed by atoms with Crippen LogP contribution in [0.5, 0.6) is 11.5 Å². The lowest BCUT2D eigenvalue weighted by atomic mass is 10.1. The molecule has 2 heterocycles. The van der Waals surface area contributed by atoms with Gasteiger partial charge in [-0.05, 0) is 36.4 Å². The molecule has 1 amide bonds. The minimum atomic E-state index is -0.0317. The van der Waals surface area contributed by atoms with Crippen LogP contribution in [0.15, 0.2) is 52.9 Å². The van der Waals surface area contributed by atoms with Gasteiger partial charge in [0.25, 0.3) is 5.91 Å². The number of aromatic nitrogens is 1. The lowest BCUT2D eigenvalue weighted by Gasteiger charge is -2.34. The molecule has 3 aromatic rings. The van der Waals surface area contributed by atoms with E-state index in [-0.39, 0.29) is 11.6 Å². The van der Waals surface area contributed by atoms with E-state index in [1.165, 1.54) is 0 Å². The zero-order valence-electron chi connectivity index (χ0n) is 18.5. The Kier molecular flexibility index (Phi) is 6.60. The number of nitriles is 1. The van der Waals surface area contributed by atoms with E-state index in [2.05, 4.69) is 11.1 Å². The molecule has 0 radical (unpaired) electrons. The summed E-state index contributed by atoms with van der Waals surface area (Å²) >= 11 is 0. The second-order valence-electron chi connectivity index (χ2n) is 7.40. The van der Waals surface area contributed by atoms with Gasteiger partial charge in [0, 0.05) is 43.4 Å². The van der Waals surface area contributed by atoms with Crippen LogP contribution in [-0.2, 0) is 0 Å². The Hall–Kier alpha value is -4.25. The molecule has 0 spiro atoms. The van der Waals surface area contributed by atoms with Crippen LogP contribution in [0, 0.1) is 11.3 Å². The molecule has 8 heteroatoms. The third kappa shape index (κ3) is 4.83. The molecule has 0 aliphatic carbocycles. The van der Waals surface area contributed by atoms with Crippen molar-refractivity contribution in [3.63, 3.8) is 0 Å². The van der Waals surface area contributed by atoms with E-state index in [0.717, 1.165) is 11.3 Å². The summed E-state index contributed by atoms with van der Waals surface area (Å²) in [4.78, 5) is 20.8. The van der Waals surface area contributed by atoms with Gasteiger partial charge in [-0.25, -0.2) is 0 Å². The normalized spacial score (nSPS) is 13.7. The van der Waals surface area contributed by atoms with E-state index in [1.54, 1.807) is 49.5 Å². The molecule has 1 fully saturated rings. The van der Waals surface area contributed by atoms with Crippen LogP contribution in [0.3, 0.4) is 0 Å². The molecule has 0 bridgehead atoms. The van der Waals surface area contributed by atoms with Crippen LogP contribution >= 0.6 is 0 Å². The molecule has 1 aromatic heterocycles. The average molecular weight is 444 g/mol. The monoisotopic (exact) mass is 444 g/mol. The number of oxazole rings is 1. The van der Waals surface area contributed by atoms with E-state index in [9.17, 15) is 10.1 Å². The average Bonchev–Trinajstić information content (AvgIpc) is 3.30. The molecule has 33 heavy (non-hydrogen) atoms. The van der Waals surface area contributed by atoms with Gasteiger partial charge in [-0.1, -0.05) is 18.2 Å². The van der Waals surface area contributed by atoms with Crippen molar-refractivity contribution in [3.8, 4) is 17.6 Å². The summed E-state index contributed by atoms with van der Waals surface area (Å²) in [6.07, 6.45) is 3.55. The largest absolute Gasteiger partial charge is 0.497 e. The summed E-state index contributed by atoms with van der Waals surface area (Å²) in [5.41, 5.74) is 1.72. The van der Waals surface area contributed by atoms with Crippen LogP contribution < -0.4 is 14.4 Å². The number of nitrogens with zero attached hydrogens (tertiary/aromatic N) is 4. The summed E-state index contributed by atoms with van der Waals surface area (Å²) in [6.45, 7) is 2.12. The maximum Gasteiger partial charge on any atom is 0.253 e. The number of anilines is 1. The van der Waals surface area contributed by atoms with Gasteiger partial charge in [0.15, 0.2) is 0 Å². The van der Waals surface area contributed by atoms with Crippen LogP contribution in [0.4, 0.5) is 5.88 Å². The number of benzene rings is 2. The number of carbonyl (C=O) groups excluding carboxylic acids is 1. The number of piperazine rings is 1. The molecule has 0 N–H and O–H groups in total. The van der Waals surface area contributed by atoms with Crippen molar-refractivity contribution in [1.82, 2.24) is 9.88 Å². The van der Waals surface area contributed by atoms with E-state index in [4.69, 9.17) is 13.9 Å². The van der Waals surface area contributed by atoms with Crippen molar-refractivity contribution in [2.24, 2.45) is 0 Å². The van der Waals surface area contributed by atoms with E-state index >= 15 is 0 Å². The van der Waals surface area contributed by atoms with Crippen LogP contribution in [0.2, 0.25) is 0 Å².